The molecule has 0 aromatic heterocycles. The monoisotopic (exact) mass is 185 g/mol. The summed E-state index contributed by atoms with van der Waals surface area (Å²) in [7, 11) is 0. The second kappa shape index (κ2) is 3.48. The SMILES string of the molecule is CC(C)(C)C(=O)/C(=N\O)C(C)(C)C. The maximum absolute atomic E-state index is 11.8. The number of carbonyl (C=O) groups is 1. The van der Waals surface area contributed by atoms with Crippen LogP contribution in [-0.4, -0.2) is 16.7 Å². The summed E-state index contributed by atoms with van der Waals surface area (Å²) in [6.07, 6.45) is 0. The zero-order valence-electron chi connectivity index (χ0n) is 9.30. The van der Waals surface area contributed by atoms with E-state index >= 15 is 0 Å². The summed E-state index contributed by atoms with van der Waals surface area (Å²) in [4.78, 5) is 11.8. The van der Waals surface area contributed by atoms with Crippen molar-refractivity contribution in [1.82, 2.24) is 0 Å². The summed E-state index contributed by atoms with van der Waals surface area (Å²) >= 11 is 0. The van der Waals surface area contributed by atoms with Gasteiger partial charge in [0.05, 0.1) is 0 Å². The molecule has 0 aliphatic heterocycles. The van der Waals surface area contributed by atoms with Crippen LogP contribution in [0.2, 0.25) is 0 Å². The van der Waals surface area contributed by atoms with Crippen molar-refractivity contribution in [3.8, 4) is 0 Å². The lowest BCUT2D eigenvalue weighted by molar-refractivity contribution is -0.120. The van der Waals surface area contributed by atoms with E-state index in [1.807, 2.05) is 41.5 Å². The van der Waals surface area contributed by atoms with E-state index in [0.717, 1.165) is 0 Å². The van der Waals surface area contributed by atoms with Crippen LogP contribution in [0.5, 0.6) is 0 Å². The van der Waals surface area contributed by atoms with E-state index in [-0.39, 0.29) is 11.5 Å². The van der Waals surface area contributed by atoms with E-state index < -0.39 is 10.8 Å². The molecule has 0 unspecified atom stereocenters. The Kier molecular flexibility index (Phi) is 3.25. The largest absolute Gasteiger partial charge is 0.411 e. The van der Waals surface area contributed by atoms with Crippen LogP contribution in [0.25, 0.3) is 0 Å². The van der Waals surface area contributed by atoms with Crippen molar-refractivity contribution < 1.29 is 10.0 Å². The first-order valence-electron chi connectivity index (χ1n) is 4.38. The Morgan fingerprint density at radius 1 is 1.00 bits per heavy atom. The number of nitrogens with zero attached hydrogens (tertiary/aromatic N) is 1. The normalized spacial score (nSPS) is 14.5. The summed E-state index contributed by atoms with van der Waals surface area (Å²) in [5.74, 6) is -0.109. The summed E-state index contributed by atoms with van der Waals surface area (Å²) in [5, 5.41) is 11.9. The molecule has 0 fully saturated rings. The van der Waals surface area contributed by atoms with E-state index in [1.165, 1.54) is 0 Å². The summed E-state index contributed by atoms with van der Waals surface area (Å²) in [5.41, 5.74) is -0.659. The van der Waals surface area contributed by atoms with Crippen LogP contribution in [-0.2, 0) is 4.79 Å². The fraction of sp³-hybridized carbons (Fsp3) is 0.800. The minimum atomic E-state index is -0.491. The molecule has 0 atom stereocenters. The fourth-order valence-corrected chi connectivity index (χ4v) is 0.891. The number of hydrogen-bond donors (Lipinski definition) is 1. The van der Waals surface area contributed by atoms with Gasteiger partial charge in [0.1, 0.15) is 5.71 Å². The average molecular weight is 185 g/mol. The van der Waals surface area contributed by atoms with E-state index in [1.54, 1.807) is 0 Å². The second-order valence-corrected chi connectivity index (χ2v) is 5.28. The van der Waals surface area contributed by atoms with Gasteiger partial charge < -0.3 is 5.21 Å². The van der Waals surface area contributed by atoms with Gasteiger partial charge in [-0.15, -0.1) is 0 Å². The third-order valence-corrected chi connectivity index (χ3v) is 1.71. The predicted molar refractivity (Wildman–Crippen MR) is 53.1 cm³/mol. The predicted octanol–water partition coefficient (Wildman–Crippen LogP) is 2.48. The average Bonchev–Trinajstić information content (AvgIpc) is 1.83. The van der Waals surface area contributed by atoms with Crippen LogP contribution in [0.1, 0.15) is 41.5 Å². The lowest BCUT2D eigenvalue weighted by Crippen LogP contribution is -2.36. The topological polar surface area (TPSA) is 49.7 Å². The molecule has 0 radical (unpaired) electrons. The molecular formula is C10H19NO2. The molecule has 76 valence electrons. The lowest BCUT2D eigenvalue weighted by Gasteiger charge is -2.24. The second-order valence-electron chi connectivity index (χ2n) is 5.28. The number of ketones is 1. The van der Waals surface area contributed by atoms with Crippen molar-refractivity contribution in [2.24, 2.45) is 16.0 Å². The highest BCUT2D eigenvalue weighted by Gasteiger charge is 2.33. The zero-order valence-corrected chi connectivity index (χ0v) is 9.30. The van der Waals surface area contributed by atoms with Crippen LogP contribution >= 0.6 is 0 Å². The summed E-state index contributed by atoms with van der Waals surface area (Å²) < 4.78 is 0. The lowest BCUT2D eigenvalue weighted by atomic mass is 9.78. The smallest absolute Gasteiger partial charge is 0.186 e. The van der Waals surface area contributed by atoms with Crippen LogP contribution in [0, 0.1) is 10.8 Å². The van der Waals surface area contributed by atoms with Gasteiger partial charge >= 0.3 is 0 Å². The number of carbonyl (C=O) groups excluding carboxylic acids is 1. The molecule has 0 saturated carbocycles. The molecule has 0 aliphatic carbocycles. The van der Waals surface area contributed by atoms with Crippen LogP contribution in [0.4, 0.5) is 0 Å². The van der Waals surface area contributed by atoms with E-state index in [2.05, 4.69) is 5.16 Å². The van der Waals surface area contributed by atoms with Crippen LogP contribution in [0.3, 0.4) is 0 Å². The van der Waals surface area contributed by atoms with Gasteiger partial charge in [-0.2, -0.15) is 0 Å². The van der Waals surface area contributed by atoms with Crippen LogP contribution < -0.4 is 0 Å². The molecular weight excluding hydrogens is 166 g/mol. The molecule has 3 nitrogen and oxygen atoms in total. The van der Waals surface area contributed by atoms with Gasteiger partial charge in [0.25, 0.3) is 0 Å². The van der Waals surface area contributed by atoms with Gasteiger partial charge in [-0.3, -0.25) is 4.79 Å². The van der Waals surface area contributed by atoms with Crippen molar-refractivity contribution in [2.45, 2.75) is 41.5 Å². The van der Waals surface area contributed by atoms with Crippen molar-refractivity contribution >= 4 is 11.5 Å². The summed E-state index contributed by atoms with van der Waals surface area (Å²) in [6, 6.07) is 0. The van der Waals surface area contributed by atoms with Gasteiger partial charge in [0.15, 0.2) is 5.78 Å². The maximum Gasteiger partial charge on any atom is 0.186 e. The number of oxime groups is 1. The Balaban J connectivity index is 4.97. The van der Waals surface area contributed by atoms with E-state index in [0.29, 0.717) is 0 Å². The molecule has 0 spiro atoms. The molecule has 0 heterocycles. The molecule has 13 heavy (non-hydrogen) atoms. The quantitative estimate of drug-likeness (QED) is 0.387. The van der Waals surface area contributed by atoms with E-state index in [4.69, 9.17) is 5.21 Å². The number of hydrogen-bond acceptors (Lipinski definition) is 3. The first kappa shape index (κ1) is 12.1. The van der Waals surface area contributed by atoms with Crippen molar-refractivity contribution in [3.05, 3.63) is 0 Å². The number of Topliss-reactive ketones (excluding diaryl/α,β-unsaturated/α-hetero) is 1. The van der Waals surface area contributed by atoms with Crippen molar-refractivity contribution in [3.63, 3.8) is 0 Å². The first-order valence-corrected chi connectivity index (χ1v) is 4.38. The maximum atomic E-state index is 11.8. The van der Waals surface area contributed by atoms with Gasteiger partial charge in [-0.25, -0.2) is 0 Å². The Morgan fingerprint density at radius 3 is 1.46 bits per heavy atom. The Bertz CT molecular complexity index is 228. The molecule has 0 bridgehead atoms. The molecule has 0 rings (SSSR count). The third-order valence-electron chi connectivity index (χ3n) is 1.71. The van der Waals surface area contributed by atoms with Crippen molar-refractivity contribution in [2.75, 3.05) is 0 Å². The van der Waals surface area contributed by atoms with Gasteiger partial charge in [0.2, 0.25) is 0 Å². The molecule has 1 N–H and O–H groups in total. The first-order chi connectivity index (χ1) is 5.60. The molecule has 0 aromatic rings. The van der Waals surface area contributed by atoms with Gasteiger partial charge in [-0.1, -0.05) is 46.7 Å². The highest BCUT2D eigenvalue weighted by Crippen LogP contribution is 2.24. The highest BCUT2D eigenvalue weighted by atomic mass is 16.4. The Labute approximate surface area is 79.8 Å². The fourth-order valence-electron chi connectivity index (χ4n) is 0.891. The molecule has 0 saturated heterocycles. The Morgan fingerprint density at radius 2 is 1.38 bits per heavy atom. The van der Waals surface area contributed by atoms with Gasteiger partial charge in [0, 0.05) is 10.8 Å². The van der Waals surface area contributed by atoms with Crippen LogP contribution in [0.15, 0.2) is 5.16 Å². The Hall–Kier alpha value is -0.860. The molecule has 0 amide bonds. The number of rotatable bonds is 1. The van der Waals surface area contributed by atoms with Gasteiger partial charge in [-0.05, 0) is 0 Å². The standard InChI is InChI=1S/C10H19NO2/c1-9(2,3)7(11-13)8(12)10(4,5)6/h13H,1-6H3/b11-7+. The summed E-state index contributed by atoms with van der Waals surface area (Å²) in [6.45, 7) is 11.0. The molecule has 3 heteroatoms. The molecule has 0 aromatic carbocycles. The minimum absolute atomic E-state index is 0.109. The highest BCUT2D eigenvalue weighted by molar-refractivity contribution is 6.42. The van der Waals surface area contributed by atoms with E-state index in [9.17, 15) is 4.79 Å². The zero-order chi connectivity index (χ0) is 10.9. The third kappa shape index (κ3) is 3.17. The molecule has 0 aliphatic rings. The minimum Gasteiger partial charge on any atom is -0.411 e. The van der Waals surface area contributed by atoms with Crippen molar-refractivity contribution in [1.29, 1.82) is 0 Å².